The van der Waals surface area contributed by atoms with Gasteiger partial charge in [-0.05, 0) is 58.5 Å². The summed E-state index contributed by atoms with van der Waals surface area (Å²) in [7, 11) is 0. The lowest BCUT2D eigenvalue weighted by Crippen LogP contribution is -1.95. The van der Waals surface area contributed by atoms with E-state index < -0.39 is 0 Å². The number of carbonyl (C=O) groups is 1. The van der Waals surface area contributed by atoms with Crippen LogP contribution in [0.25, 0.3) is 17.2 Å². The number of fused-ring (bicyclic) bond motifs is 3. The van der Waals surface area contributed by atoms with Gasteiger partial charge in [0.25, 0.3) is 0 Å². The van der Waals surface area contributed by atoms with E-state index in [0.717, 1.165) is 22.0 Å². The smallest absolute Gasteiger partial charge is 0.185 e. The largest absolute Gasteiger partial charge is 0.289 e. The van der Waals surface area contributed by atoms with Gasteiger partial charge in [0.1, 0.15) is 0 Å². The third-order valence-electron chi connectivity index (χ3n) is 4.40. The second kappa shape index (κ2) is 6.21. The molecule has 0 N–H and O–H groups in total. The molecule has 0 saturated carbocycles. The fourth-order valence-electron chi connectivity index (χ4n) is 3.15. The standard InChI is InChI=1S/C22H15BrO/c23-21-8-4-2-5-15(21)11-12-22(24)18-10-9-17-13-16-6-1-3-7-19(16)20(17)14-18/h1-12,14H,13H2. The van der Waals surface area contributed by atoms with Crippen molar-refractivity contribution in [3.05, 3.63) is 99.5 Å². The minimum atomic E-state index is 0.0259. The van der Waals surface area contributed by atoms with Crippen LogP contribution in [0.4, 0.5) is 0 Å². The Hall–Kier alpha value is -2.45. The van der Waals surface area contributed by atoms with Gasteiger partial charge < -0.3 is 0 Å². The molecule has 0 fully saturated rings. The van der Waals surface area contributed by atoms with Crippen molar-refractivity contribution >= 4 is 27.8 Å². The lowest BCUT2D eigenvalue weighted by molar-refractivity contribution is 0.104. The van der Waals surface area contributed by atoms with Crippen molar-refractivity contribution in [2.75, 3.05) is 0 Å². The molecular formula is C22H15BrO. The highest BCUT2D eigenvalue weighted by Gasteiger charge is 2.18. The van der Waals surface area contributed by atoms with Crippen LogP contribution in [-0.4, -0.2) is 5.78 Å². The summed E-state index contributed by atoms with van der Waals surface area (Å²) in [4.78, 5) is 12.5. The molecule has 1 aliphatic carbocycles. The zero-order valence-corrected chi connectivity index (χ0v) is 14.6. The van der Waals surface area contributed by atoms with Gasteiger partial charge in [-0.25, -0.2) is 0 Å². The summed E-state index contributed by atoms with van der Waals surface area (Å²) < 4.78 is 0.983. The van der Waals surface area contributed by atoms with Crippen LogP contribution in [0.2, 0.25) is 0 Å². The molecule has 0 spiro atoms. The Balaban J connectivity index is 1.65. The monoisotopic (exact) mass is 374 g/mol. The molecule has 24 heavy (non-hydrogen) atoms. The van der Waals surface area contributed by atoms with Crippen LogP contribution in [0.5, 0.6) is 0 Å². The van der Waals surface area contributed by atoms with Crippen LogP contribution in [-0.2, 0) is 6.42 Å². The molecule has 1 nitrogen and oxygen atoms in total. The van der Waals surface area contributed by atoms with Gasteiger partial charge in [-0.2, -0.15) is 0 Å². The molecule has 0 atom stereocenters. The van der Waals surface area contributed by atoms with Crippen molar-refractivity contribution in [1.29, 1.82) is 0 Å². The Morgan fingerprint density at radius 3 is 2.50 bits per heavy atom. The fourth-order valence-corrected chi connectivity index (χ4v) is 3.57. The number of halogens is 1. The maximum atomic E-state index is 12.5. The van der Waals surface area contributed by atoms with Crippen molar-refractivity contribution in [3.63, 3.8) is 0 Å². The van der Waals surface area contributed by atoms with E-state index in [9.17, 15) is 4.79 Å². The molecule has 0 saturated heterocycles. The van der Waals surface area contributed by atoms with Gasteiger partial charge in [-0.1, -0.05) is 70.5 Å². The van der Waals surface area contributed by atoms with E-state index >= 15 is 0 Å². The molecule has 0 radical (unpaired) electrons. The van der Waals surface area contributed by atoms with Gasteiger partial charge in [0.15, 0.2) is 5.78 Å². The van der Waals surface area contributed by atoms with E-state index in [1.807, 2.05) is 42.5 Å². The highest BCUT2D eigenvalue weighted by molar-refractivity contribution is 9.10. The topological polar surface area (TPSA) is 17.1 Å². The number of carbonyl (C=O) groups excluding carboxylic acids is 1. The van der Waals surface area contributed by atoms with E-state index in [1.165, 1.54) is 22.3 Å². The van der Waals surface area contributed by atoms with E-state index in [4.69, 9.17) is 0 Å². The summed E-state index contributed by atoms with van der Waals surface area (Å²) in [5.41, 5.74) is 6.79. The lowest BCUT2D eigenvalue weighted by atomic mass is 10.0. The van der Waals surface area contributed by atoms with Gasteiger partial charge in [-0.3, -0.25) is 4.79 Å². The van der Waals surface area contributed by atoms with Crippen LogP contribution in [0.15, 0.2) is 77.3 Å². The van der Waals surface area contributed by atoms with Crippen molar-refractivity contribution in [2.45, 2.75) is 6.42 Å². The summed E-state index contributed by atoms with van der Waals surface area (Å²) >= 11 is 3.50. The molecule has 0 aromatic heterocycles. The van der Waals surface area contributed by atoms with Crippen molar-refractivity contribution in [1.82, 2.24) is 0 Å². The summed E-state index contributed by atoms with van der Waals surface area (Å²) in [6.45, 7) is 0. The maximum absolute atomic E-state index is 12.5. The zero-order chi connectivity index (χ0) is 16.5. The van der Waals surface area contributed by atoms with Crippen LogP contribution >= 0.6 is 15.9 Å². The van der Waals surface area contributed by atoms with E-state index in [0.29, 0.717) is 0 Å². The Kier molecular flexibility index (Phi) is 3.91. The second-order valence-corrected chi connectivity index (χ2v) is 6.78. The summed E-state index contributed by atoms with van der Waals surface area (Å²) in [6, 6.07) is 22.3. The molecule has 0 heterocycles. The number of hydrogen-bond acceptors (Lipinski definition) is 1. The van der Waals surface area contributed by atoms with Crippen molar-refractivity contribution in [2.24, 2.45) is 0 Å². The van der Waals surface area contributed by atoms with Gasteiger partial charge in [0.05, 0.1) is 0 Å². The van der Waals surface area contributed by atoms with Crippen molar-refractivity contribution in [3.8, 4) is 11.1 Å². The predicted molar refractivity (Wildman–Crippen MR) is 102 cm³/mol. The zero-order valence-electron chi connectivity index (χ0n) is 13.0. The normalized spacial score (nSPS) is 12.2. The molecule has 116 valence electrons. The number of allylic oxidation sites excluding steroid dienone is 1. The Bertz CT molecular complexity index is 969. The Labute approximate surface area is 149 Å². The Morgan fingerprint density at radius 2 is 1.62 bits per heavy atom. The van der Waals surface area contributed by atoms with Crippen LogP contribution in [0, 0.1) is 0 Å². The molecule has 3 aromatic rings. The van der Waals surface area contributed by atoms with Crippen LogP contribution < -0.4 is 0 Å². The van der Waals surface area contributed by atoms with Gasteiger partial charge in [-0.15, -0.1) is 0 Å². The van der Waals surface area contributed by atoms with Crippen LogP contribution in [0.3, 0.4) is 0 Å². The van der Waals surface area contributed by atoms with Crippen LogP contribution in [0.1, 0.15) is 27.0 Å². The lowest BCUT2D eigenvalue weighted by Gasteiger charge is -2.03. The Morgan fingerprint density at radius 1 is 0.875 bits per heavy atom. The molecule has 0 amide bonds. The van der Waals surface area contributed by atoms with E-state index in [-0.39, 0.29) is 5.78 Å². The molecule has 1 aliphatic rings. The second-order valence-electron chi connectivity index (χ2n) is 5.92. The molecule has 2 heteroatoms. The first-order valence-corrected chi connectivity index (χ1v) is 8.70. The average Bonchev–Trinajstić information content (AvgIpc) is 2.98. The summed E-state index contributed by atoms with van der Waals surface area (Å²) in [6.07, 6.45) is 4.45. The van der Waals surface area contributed by atoms with Gasteiger partial charge in [0.2, 0.25) is 0 Å². The maximum Gasteiger partial charge on any atom is 0.185 e. The van der Waals surface area contributed by atoms with Gasteiger partial charge in [0, 0.05) is 10.0 Å². The number of hydrogen-bond donors (Lipinski definition) is 0. The minimum absolute atomic E-state index is 0.0259. The summed E-state index contributed by atoms with van der Waals surface area (Å²) in [5.74, 6) is 0.0259. The third-order valence-corrected chi connectivity index (χ3v) is 5.12. The highest BCUT2D eigenvalue weighted by Crippen LogP contribution is 2.36. The first kappa shape index (κ1) is 15.1. The van der Waals surface area contributed by atoms with Crippen molar-refractivity contribution < 1.29 is 4.79 Å². The first-order valence-electron chi connectivity index (χ1n) is 7.90. The molecule has 3 aromatic carbocycles. The summed E-state index contributed by atoms with van der Waals surface area (Å²) in [5, 5.41) is 0. The molecular weight excluding hydrogens is 360 g/mol. The highest BCUT2D eigenvalue weighted by atomic mass is 79.9. The minimum Gasteiger partial charge on any atom is -0.289 e. The number of ketones is 1. The fraction of sp³-hybridized carbons (Fsp3) is 0.0455. The van der Waals surface area contributed by atoms with E-state index in [2.05, 4.69) is 46.3 Å². The third kappa shape index (κ3) is 2.74. The first-order chi connectivity index (χ1) is 11.7. The average molecular weight is 375 g/mol. The molecule has 0 bridgehead atoms. The van der Waals surface area contributed by atoms with E-state index in [1.54, 1.807) is 6.08 Å². The molecule has 0 unspecified atom stereocenters. The molecule has 4 rings (SSSR count). The number of benzene rings is 3. The van der Waals surface area contributed by atoms with Gasteiger partial charge >= 0.3 is 0 Å². The SMILES string of the molecule is O=C(C=Cc1ccccc1Br)c1ccc2c(c1)-c1ccccc1C2. The number of rotatable bonds is 3. The predicted octanol–water partition coefficient (Wildman–Crippen LogP) is 5.92. The quantitative estimate of drug-likeness (QED) is 0.321. The molecule has 0 aliphatic heterocycles.